The Balaban J connectivity index is 1.65. The summed E-state index contributed by atoms with van der Waals surface area (Å²) in [5.41, 5.74) is 3.12. The minimum atomic E-state index is 0.0914. The number of thioether (sulfide) groups is 2. The number of carbonyl (C=O) groups excluding carboxylic acids is 1. The molecule has 0 aliphatic heterocycles. The number of hydrogen-bond acceptors (Lipinski definition) is 5. The molecule has 3 rings (SSSR count). The van der Waals surface area contributed by atoms with Crippen LogP contribution in [0.15, 0.2) is 71.2 Å². The average Bonchev–Trinajstić information content (AvgIpc) is 3.08. The minimum absolute atomic E-state index is 0.0914. The van der Waals surface area contributed by atoms with Gasteiger partial charge in [-0.2, -0.15) is 0 Å². The zero-order valence-electron chi connectivity index (χ0n) is 16.1. The molecule has 0 amide bonds. The second kappa shape index (κ2) is 9.75. The van der Waals surface area contributed by atoms with Crippen LogP contribution in [0.4, 0.5) is 0 Å². The van der Waals surface area contributed by atoms with Crippen molar-refractivity contribution < 1.29 is 4.79 Å². The summed E-state index contributed by atoms with van der Waals surface area (Å²) in [5, 5.41) is 9.40. The molecule has 0 bridgehead atoms. The van der Waals surface area contributed by atoms with Gasteiger partial charge in [0, 0.05) is 17.0 Å². The molecule has 0 spiro atoms. The maximum atomic E-state index is 12.4. The van der Waals surface area contributed by atoms with Crippen LogP contribution in [-0.4, -0.2) is 26.3 Å². The van der Waals surface area contributed by atoms with Crippen molar-refractivity contribution in [2.75, 3.05) is 5.75 Å². The highest BCUT2D eigenvalue weighted by atomic mass is 32.2. The van der Waals surface area contributed by atoms with Crippen molar-refractivity contribution in [1.29, 1.82) is 0 Å². The molecule has 28 heavy (non-hydrogen) atoms. The predicted molar refractivity (Wildman–Crippen MR) is 117 cm³/mol. The summed E-state index contributed by atoms with van der Waals surface area (Å²) in [4.78, 5) is 13.6. The molecule has 0 saturated carbocycles. The number of aromatic nitrogens is 3. The Morgan fingerprint density at radius 2 is 1.64 bits per heavy atom. The summed E-state index contributed by atoms with van der Waals surface area (Å²) in [6.45, 7) is 8.55. The SMILES string of the molecule is C=CCn1c(CSc2ccc(C)cc2)nnc1SCC(=O)c1ccc(C)cc1. The lowest BCUT2D eigenvalue weighted by atomic mass is 10.1. The van der Waals surface area contributed by atoms with Crippen LogP contribution in [0, 0.1) is 13.8 Å². The van der Waals surface area contributed by atoms with E-state index in [4.69, 9.17) is 0 Å². The number of ketones is 1. The quantitative estimate of drug-likeness (QED) is 0.271. The van der Waals surface area contributed by atoms with Gasteiger partial charge < -0.3 is 4.57 Å². The lowest BCUT2D eigenvalue weighted by Gasteiger charge is -2.08. The number of hydrogen-bond donors (Lipinski definition) is 0. The van der Waals surface area contributed by atoms with Crippen LogP contribution in [-0.2, 0) is 12.3 Å². The molecule has 144 valence electrons. The normalized spacial score (nSPS) is 10.8. The van der Waals surface area contributed by atoms with Crippen molar-refractivity contribution in [3.63, 3.8) is 0 Å². The van der Waals surface area contributed by atoms with Crippen LogP contribution in [0.2, 0.25) is 0 Å². The average molecular weight is 410 g/mol. The number of nitrogens with zero attached hydrogens (tertiary/aromatic N) is 3. The van der Waals surface area contributed by atoms with Gasteiger partial charge in [0.1, 0.15) is 5.82 Å². The van der Waals surface area contributed by atoms with Crippen LogP contribution in [0.1, 0.15) is 27.3 Å². The summed E-state index contributed by atoms with van der Waals surface area (Å²) in [6.07, 6.45) is 1.83. The second-order valence-corrected chi connectivity index (χ2v) is 8.47. The van der Waals surface area contributed by atoms with Crippen LogP contribution in [0.25, 0.3) is 0 Å². The van der Waals surface area contributed by atoms with Gasteiger partial charge in [-0.15, -0.1) is 28.5 Å². The Labute approximate surface area is 174 Å². The number of benzene rings is 2. The number of carbonyl (C=O) groups is 1. The second-order valence-electron chi connectivity index (χ2n) is 6.48. The molecule has 0 aliphatic rings. The smallest absolute Gasteiger partial charge is 0.191 e. The highest BCUT2D eigenvalue weighted by molar-refractivity contribution is 7.99. The van der Waals surface area contributed by atoms with E-state index in [1.54, 1.807) is 11.8 Å². The van der Waals surface area contributed by atoms with E-state index in [1.165, 1.54) is 22.2 Å². The zero-order valence-corrected chi connectivity index (χ0v) is 17.7. The van der Waals surface area contributed by atoms with E-state index in [1.807, 2.05) is 41.8 Å². The number of aryl methyl sites for hydroxylation is 2. The fourth-order valence-electron chi connectivity index (χ4n) is 2.58. The van der Waals surface area contributed by atoms with Crippen molar-refractivity contribution in [1.82, 2.24) is 14.8 Å². The molecule has 1 aromatic heterocycles. The van der Waals surface area contributed by atoms with Gasteiger partial charge in [0.2, 0.25) is 0 Å². The largest absolute Gasteiger partial charge is 0.301 e. The third-order valence-corrected chi connectivity index (χ3v) is 6.17. The molecule has 4 nitrogen and oxygen atoms in total. The molecule has 2 aromatic carbocycles. The van der Waals surface area contributed by atoms with Gasteiger partial charge >= 0.3 is 0 Å². The Kier molecular flexibility index (Phi) is 7.12. The van der Waals surface area contributed by atoms with Gasteiger partial charge in [0.05, 0.1) is 11.5 Å². The third kappa shape index (κ3) is 5.36. The fourth-order valence-corrected chi connectivity index (χ4v) is 4.28. The summed E-state index contributed by atoms with van der Waals surface area (Å²) in [6, 6.07) is 16.1. The van der Waals surface area contributed by atoms with Gasteiger partial charge in [-0.05, 0) is 26.0 Å². The van der Waals surface area contributed by atoms with E-state index in [2.05, 4.69) is 48.0 Å². The van der Waals surface area contributed by atoms with E-state index < -0.39 is 0 Å². The molecule has 0 saturated heterocycles. The van der Waals surface area contributed by atoms with E-state index in [9.17, 15) is 4.79 Å². The molecule has 0 atom stereocenters. The lowest BCUT2D eigenvalue weighted by Crippen LogP contribution is -2.06. The van der Waals surface area contributed by atoms with Gasteiger partial charge in [0.25, 0.3) is 0 Å². The van der Waals surface area contributed by atoms with E-state index in [0.717, 1.165) is 27.9 Å². The molecule has 1 heterocycles. The summed E-state index contributed by atoms with van der Waals surface area (Å²) < 4.78 is 2.03. The fraction of sp³-hybridized carbons (Fsp3) is 0.227. The Bertz CT molecular complexity index is 947. The van der Waals surface area contributed by atoms with Crippen molar-refractivity contribution in [3.8, 4) is 0 Å². The first-order valence-corrected chi connectivity index (χ1v) is 11.0. The van der Waals surface area contributed by atoms with Gasteiger partial charge in [-0.25, -0.2) is 0 Å². The lowest BCUT2D eigenvalue weighted by molar-refractivity contribution is 0.102. The summed E-state index contributed by atoms with van der Waals surface area (Å²) in [7, 11) is 0. The minimum Gasteiger partial charge on any atom is -0.301 e. The third-order valence-electron chi connectivity index (χ3n) is 4.20. The first-order valence-electron chi connectivity index (χ1n) is 9.02. The molecule has 0 N–H and O–H groups in total. The van der Waals surface area contributed by atoms with Crippen LogP contribution >= 0.6 is 23.5 Å². The van der Waals surface area contributed by atoms with Gasteiger partial charge in [0.15, 0.2) is 10.9 Å². The predicted octanol–water partition coefficient (Wildman–Crippen LogP) is 5.35. The number of rotatable bonds is 9. The molecular formula is C22H23N3OS2. The van der Waals surface area contributed by atoms with Crippen LogP contribution < -0.4 is 0 Å². The van der Waals surface area contributed by atoms with Crippen LogP contribution in [0.3, 0.4) is 0 Å². The summed E-state index contributed by atoms with van der Waals surface area (Å²) in [5.74, 6) is 2.03. The van der Waals surface area contributed by atoms with Crippen molar-refractivity contribution >= 4 is 29.3 Å². The van der Waals surface area contributed by atoms with E-state index in [-0.39, 0.29) is 5.78 Å². The topological polar surface area (TPSA) is 47.8 Å². The van der Waals surface area contributed by atoms with Crippen LogP contribution in [0.5, 0.6) is 0 Å². The van der Waals surface area contributed by atoms with E-state index >= 15 is 0 Å². The Hall–Kier alpha value is -2.31. The number of Topliss-reactive ketones (excluding diaryl/α,β-unsaturated/α-hetero) is 1. The molecule has 0 unspecified atom stereocenters. The standard InChI is InChI=1S/C22H23N3OS2/c1-4-13-25-21(15-27-19-11-7-17(3)8-12-19)23-24-22(25)28-14-20(26)18-9-5-16(2)6-10-18/h4-12H,1,13-15H2,2-3H3. The summed E-state index contributed by atoms with van der Waals surface area (Å²) >= 11 is 3.15. The maximum absolute atomic E-state index is 12.4. The Morgan fingerprint density at radius 3 is 2.29 bits per heavy atom. The Morgan fingerprint density at radius 1 is 1.00 bits per heavy atom. The highest BCUT2D eigenvalue weighted by Crippen LogP contribution is 2.25. The first kappa shape index (κ1) is 20.4. The molecule has 0 aliphatic carbocycles. The molecule has 0 radical (unpaired) electrons. The highest BCUT2D eigenvalue weighted by Gasteiger charge is 2.14. The first-order chi connectivity index (χ1) is 13.6. The maximum Gasteiger partial charge on any atom is 0.191 e. The van der Waals surface area contributed by atoms with Gasteiger partial charge in [-0.3, -0.25) is 4.79 Å². The molecule has 3 aromatic rings. The molecular weight excluding hydrogens is 386 g/mol. The van der Waals surface area contributed by atoms with Gasteiger partial charge in [-0.1, -0.05) is 65.4 Å². The molecule has 6 heteroatoms. The van der Waals surface area contributed by atoms with Crippen molar-refractivity contribution in [2.45, 2.75) is 36.2 Å². The monoisotopic (exact) mass is 409 g/mol. The molecule has 0 fully saturated rings. The van der Waals surface area contributed by atoms with Crippen molar-refractivity contribution in [2.24, 2.45) is 0 Å². The van der Waals surface area contributed by atoms with E-state index in [0.29, 0.717) is 12.3 Å². The van der Waals surface area contributed by atoms with Crippen molar-refractivity contribution in [3.05, 3.63) is 83.7 Å². The number of allylic oxidation sites excluding steroid dienone is 1. The zero-order chi connectivity index (χ0) is 19.9.